The number of rotatable bonds is 4. The fourth-order valence-corrected chi connectivity index (χ4v) is 6.40. The number of carbonyl (C=O) groups excluding carboxylic acids is 5. The number of carbonyl (C=O) groups is 5. The third-order valence-electron chi connectivity index (χ3n) is 8.30. The van der Waals surface area contributed by atoms with E-state index >= 15 is 0 Å². The average molecular weight is 551 g/mol. The topological polar surface area (TPSA) is 152 Å². The standard InChI is InChI=1S/C28H38O11/c1-13-9-10-21(36-17(5)30)27(8)22(37-18(6)31)12-20(35-16(4)29)14(2)11-23-28(34,15(3)26(33)39-23)25(24(13)27)38-19(7)32/h11,15,20-25,34H,1,9-10,12H2,2-8H3/b14-11-/t15-,20+,21-,22+,23-,24+,25+,27+,28-/m0/s1. The lowest BCUT2D eigenvalue weighted by Crippen LogP contribution is -2.66. The fraction of sp³-hybridized carbons (Fsp3) is 0.679. The Hall–Kier alpha value is -3.21. The highest BCUT2D eigenvalue weighted by Crippen LogP contribution is 2.56. The third-order valence-corrected chi connectivity index (χ3v) is 8.30. The molecule has 3 aliphatic rings. The molecule has 39 heavy (non-hydrogen) atoms. The molecule has 2 fully saturated rings. The zero-order valence-corrected chi connectivity index (χ0v) is 23.5. The van der Waals surface area contributed by atoms with Crippen LogP contribution in [0.3, 0.4) is 0 Å². The van der Waals surface area contributed by atoms with Crippen molar-refractivity contribution in [1.29, 1.82) is 0 Å². The highest BCUT2D eigenvalue weighted by Gasteiger charge is 2.67. The number of hydrogen-bond donors (Lipinski definition) is 1. The largest absolute Gasteiger partial charge is 0.462 e. The second kappa shape index (κ2) is 11.1. The minimum absolute atomic E-state index is 0.0546. The van der Waals surface area contributed by atoms with Crippen molar-refractivity contribution in [1.82, 2.24) is 0 Å². The summed E-state index contributed by atoms with van der Waals surface area (Å²) in [5.41, 5.74) is -2.51. The van der Waals surface area contributed by atoms with Crippen molar-refractivity contribution in [3.05, 3.63) is 23.8 Å². The summed E-state index contributed by atoms with van der Waals surface area (Å²) < 4.78 is 28.6. The van der Waals surface area contributed by atoms with Crippen molar-refractivity contribution < 1.29 is 52.8 Å². The monoisotopic (exact) mass is 550 g/mol. The van der Waals surface area contributed by atoms with Gasteiger partial charge < -0.3 is 28.8 Å². The Bertz CT molecular complexity index is 1090. The van der Waals surface area contributed by atoms with Gasteiger partial charge in [-0.15, -0.1) is 0 Å². The molecule has 11 nitrogen and oxygen atoms in total. The summed E-state index contributed by atoms with van der Waals surface area (Å²) in [6, 6.07) is 0. The van der Waals surface area contributed by atoms with Gasteiger partial charge in [0, 0.05) is 40.0 Å². The van der Waals surface area contributed by atoms with Crippen molar-refractivity contribution >= 4 is 29.8 Å². The van der Waals surface area contributed by atoms with Crippen LogP contribution in [0.5, 0.6) is 0 Å². The Morgan fingerprint density at radius 1 is 0.974 bits per heavy atom. The van der Waals surface area contributed by atoms with E-state index in [0.717, 1.165) is 0 Å². The minimum Gasteiger partial charge on any atom is -0.462 e. The van der Waals surface area contributed by atoms with E-state index < -0.39 is 83.2 Å². The Morgan fingerprint density at radius 3 is 2.05 bits per heavy atom. The quantitative estimate of drug-likeness (QED) is 0.312. The molecular weight excluding hydrogens is 512 g/mol. The Labute approximate surface area is 227 Å². The molecule has 2 aliphatic carbocycles. The van der Waals surface area contributed by atoms with Gasteiger partial charge in [0.2, 0.25) is 0 Å². The molecule has 1 heterocycles. The van der Waals surface area contributed by atoms with Crippen LogP contribution in [-0.2, 0) is 47.7 Å². The van der Waals surface area contributed by atoms with Crippen molar-refractivity contribution in [3.8, 4) is 0 Å². The molecule has 1 saturated carbocycles. The highest BCUT2D eigenvalue weighted by molar-refractivity contribution is 5.78. The highest BCUT2D eigenvalue weighted by atomic mass is 16.6. The number of ether oxygens (including phenoxy) is 5. The van der Waals surface area contributed by atoms with Crippen LogP contribution < -0.4 is 0 Å². The number of esters is 5. The lowest BCUT2D eigenvalue weighted by atomic mass is 9.54. The van der Waals surface area contributed by atoms with Gasteiger partial charge in [-0.2, -0.15) is 0 Å². The molecule has 3 rings (SSSR count). The van der Waals surface area contributed by atoms with E-state index in [1.54, 1.807) is 13.8 Å². The molecule has 0 radical (unpaired) electrons. The van der Waals surface area contributed by atoms with Gasteiger partial charge in [-0.05, 0) is 38.3 Å². The first-order valence-corrected chi connectivity index (χ1v) is 13.0. The first kappa shape index (κ1) is 30.3. The summed E-state index contributed by atoms with van der Waals surface area (Å²) in [6.45, 7) is 13.9. The van der Waals surface area contributed by atoms with Gasteiger partial charge >= 0.3 is 29.8 Å². The molecule has 9 atom stereocenters. The maximum absolute atomic E-state index is 12.9. The van der Waals surface area contributed by atoms with Crippen LogP contribution >= 0.6 is 0 Å². The lowest BCUT2D eigenvalue weighted by Gasteiger charge is -2.55. The molecule has 0 aromatic heterocycles. The van der Waals surface area contributed by atoms with Gasteiger partial charge in [-0.1, -0.05) is 19.1 Å². The van der Waals surface area contributed by atoms with Crippen LogP contribution in [0, 0.1) is 17.3 Å². The maximum atomic E-state index is 12.9. The molecule has 1 saturated heterocycles. The zero-order chi connectivity index (χ0) is 29.4. The molecule has 0 bridgehead atoms. The van der Waals surface area contributed by atoms with Gasteiger partial charge in [-0.25, -0.2) is 0 Å². The maximum Gasteiger partial charge on any atom is 0.312 e. The average Bonchev–Trinajstić information content (AvgIpc) is 3.01. The summed E-state index contributed by atoms with van der Waals surface area (Å²) in [5.74, 6) is -5.42. The summed E-state index contributed by atoms with van der Waals surface area (Å²) in [5, 5.41) is 12.3. The molecular formula is C28H38O11. The second-order valence-corrected chi connectivity index (χ2v) is 11.0. The van der Waals surface area contributed by atoms with Crippen molar-refractivity contribution in [2.45, 2.75) is 104 Å². The normalized spacial score (nSPS) is 39.6. The predicted octanol–water partition coefficient (Wildman–Crippen LogP) is 2.33. The van der Waals surface area contributed by atoms with Gasteiger partial charge in [0.25, 0.3) is 0 Å². The van der Waals surface area contributed by atoms with Gasteiger partial charge in [0.15, 0.2) is 11.7 Å². The number of hydrogen-bond acceptors (Lipinski definition) is 11. The minimum atomic E-state index is -2.10. The number of fused-ring (bicyclic) bond motifs is 2. The van der Waals surface area contributed by atoms with E-state index in [1.165, 1.54) is 40.7 Å². The molecule has 1 aliphatic heterocycles. The molecule has 0 aromatic carbocycles. The molecule has 11 heteroatoms. The van der Waals surface area contributed by atoms with Crippen LogP contribution in [0.15, 0.2) is 23.8 Å². The van der Waals surface area contributed by atoms with Crippen LogP contribution in [0.25, 0.3) is 0 Å². The van der Waals surface area contributed by atoms with E-state index in [9.17, 15) is 29.1 Å². The fourth-order valence-electron chi connectivity index (χ4n) is 6.40. The third kappa shape index (κ3) is 5.59. The molecule has 0 spiro atoms. The van der Waals surface area contributed by atoms with Crippen molar-refractivity contribution in [2.24, 2.45) is 17.3 Å². The lowest BCUT2D eigenvalue weighted by molar-refractivity contribution is -0.221. The van der Waals surface area contributed by atoms with Gasteiger partial charge in [-0.3, -0.25) is 24.0 Å². The van der Waals surface area contributed by atoms with Crippen molar-refractivity contribution in [2.75, 3.05) is 0 Å². The molecule has 216 valence electrons. The summed E-state index contributed by atoms with van der Waals surface area (Å²) in [6.07, 6.45) is -3.56. The summed E-state index contributed by atoms with van der Waals surface area (Å²) in [7, 11) is 0. The van der Waals surface area contributed by atoms with Crippen LogP contribution in [-0.4, -0.2) is 71.1 Å². The van der Waals surface area contributed by atoms with Crippen LogP contribution in [0.1, 0.15) is 67.7 Å². The van der Waals surface area contributed by atoms with E-state index in [4.69, 9.17) is 23.7 Å². The molecule has 1 N–H and O–H groups in total. The second-order valence-electron chi connectivity index (χ2n) is 11.0. The van der Waals surface area contributed by atoms with E-state index in [2.05, 4.69) is 6.58 Å². The predicted molar refractivity (Wildman–Crippen MR) is 135 cm³/mol. The van der Waals surface area contributed by atoms with Crippen LogP contribution in [0.2, 0.25) is 0 Å². The molecule has 0 unspecified atom stereocenters. The van der Waals surface area contributed by atoms with Gasteiger partial charge in [0.1, 0.15) is 24.4 Å². The SMILES string of the molecule is C=C1CC[C@H](OC(C)=O)[C@@]2(C)[C@H]1[C@@H](OC(C)=O)[C@@]1(O)[C@H](/C=C(/C)[C@H](OC(C)=O)C[C@H]2OC(C)=O)OC(=O)[C@@H]1C. The Morgan fingerprint density at radius 2 is 1.51 bits per heavy atom. The number of aliphatic hydroxyl groups is 1. The Balaban J connectivity index is 2.41. The van der Waals surface area contributed by atoms with Gasteiger partial charge in [0.05, 0.1) is 11.3 Å². The molecule has 0 amide bonds. The first-order chi connectivity index (χ1) is 18.0. The first-order valence-electron chi connectivity index (χ1n) is 13.0. The van der Waals surface area contributed by atoms with Crippen LogP contribution in [0.4, 0.5) is 0 Å². The summed E-state index contributed by atoms with van der Waals surface area (Å²) >= 11 is 0. The van der Waals surface area contributed by atoms with E-state index in [-0.39, 0.29) is 6.42 Å². The van der Waals surface area contributed by atoms with E-state index in [1.807, 2.05) is 0 Å². The van der Waals surface area contributed by atoms with E-state index in [0.29, 0.717) is 24.0 Å². The smallest absolute Gasteiger partial charge is 0.312 e. The van der Waals surface area contributed by atoms with Crippen molar-refractivity contribution in [3.63, 3.8) is 0 Å². The Kier molecular flexibility index (Phi) is 8.64. The summed E-state index contributed by atoms with van der Waals surface area (Å²) in [4.78, 5) is 62.1. The molecule has 0 aromatic rings. The zero-order valence-electron chi connectivity index (χ0n) is 23.5.